The Morgan fingerprint density at radius 3 is 2.17 bits per heavy atom. The summed E-state index contributed by atoms with van der Waals surface area (Å²) >= 11 is 0. The fourth-order valence-electron chi connectivity index (χ4n) is 1.99. The molecule has 0 aliphatic heterocycles. The van der Waals surface area contributed by atoms with Crippen LogP contribution in [0.1, 0.15) is 32.1 Å². The van der Waals surface area contributed by atoms with Crippen molar-refractivity contribution in [2.75, 3.05) is 0 Å². The maximum absolute atomic E-state index is 10.2. The number of aliphatic hydroxyl groups is 1. The van der Waals surface area contributed by atoms with Crippen molar-refractivity contribution >= 4 is 0 Å². The Bertz CT molecular complexity index is 234. The molecule has 0 radical (unpaired) electrons. The molecule has 0 amide bonds. The molecule has 0 unspecified atom stereocenters. The molecular formula is C10H15NO. The first-order chi connectivity index (χ1) is 5.81. The van der Waals surface area contributed by atoms with Crippen LogP contribution in [-0.4, -0.2) is 9.67 Å². The van der Waals surface area contributed by atoms with E-state index < -0.39 is 5.72 Å². The Balaban J connectivity index is 2.19. The number of aromatic nitrogens is 1. The molecule has 1 N–H and O–H groups in total. The lowest BCUT2D eigenvalue weighted by Gasteiger charge is -2.33. The van der Waals surface area contributed by atoms with Gasteiger partial charge in [0.25, 0.3) is 0 Å². The third-order valence-electron chi connectivity index (χ3n) is 2.74. The molecule has 2 heteroatoms. The third-order valence-corrected chi connectivity index (χ3v) is 2.74. The van der Waals surface area contributed by atoms with Crippen molar-refractivity contribution in [2.24, 2.45) is 0 Å². The summed E-state index contributed by atoms with van der Waals surface area (Å²) < 4.78 is 1.94. The fraction of sp³-hybridized carbons (Fsp3) is 0.600. The van der Waals surface area contributed by atoms with Crippen LogP contribution in [0, 0.1) is 0 Å². The standard InChI is InChI=1S/C10H15NO/c12-10(6-2-1-3-7-10)11-8-4-5-9-11/h4-5,8-9,12H,1-3,6-7H2. The minimum absolute atomic E-state index is 0.582. The topological polar surface area (TPSA) is 25.2 Å². The van der Waals surface area contributed by atoms with E-state index >= 15 is 0 Å². The molecule has 1 heterocycles. The molecule has 1 aromatic heterocycles. The quantitative estimate of drug-likeness (QED) is 0.677. The molecule has 0 atom stereocenters. The van der Waals surface area contributed by atoms with Crippen LogP contribution in [0.5, 0.6) is 0 Å². The lowest BCUT2D eigenvalue weighted by atomic mass is 9.92. The molecule has 0 aromatic carbocycles. The lowest BCUT2D eigenvalue weighted by molar-refractivity contribution is -0.0691. The van der Waals surface area contributed by atoms with Crippen LogP contribution < -0.4 is 0 Å². The summed E-state index contributed by atoms with van der Waals surface area (Å²) in [5, 5.41) is 10.2. The highest BCUT2D eigenvalue weighted by molar-refractivity contribution is 4.96. The van der Waals surface area contributed by atoms with E-state index in [2.05, 4.69) is 0 Å². The van der Waals surface area contributed by atoms with E-state index in [9.17, 15) is 5.11 Å². The molecule has 66 valence electrons. The largest absolute Gasteiger partial charge is 0.371 e. The Hall–Kier alpha value is -0.760. The van der Waals surface area contributed by atoms with Crippen molar-refractivity contribution in [3.8, 4) is 0 Å². The molecule has 1 aromatic rings. The van der Waals surface area contributed by atoms with Crippen molar-refractivity contribution in [1.82, 2.24) is 4.57 Å². The maximum atomic E-state index is 10.2. The summed E-state index contributed by atoms with van der Waals surface area (Å²) in [6.45, 7) is 0. The Morgan fingerprint density at radius 1 is 1.00 bits per heavy atom. The number of rotatable bonds is 1. The lowest BCUT2D eigenvalue weighted by Crippen LogP contribution is -2.34. The van der Waals surface area contributed by atoms with Gasteiger partial charge in [-0.05, 0) is 37.8 Å². The van der Waals surface area contributed by atoms with Crippen LogP contribution in [0.2, 0.25) is 0 Å². The minimum Gasteiger partial charge on any atom is -0.371 e. The van der Waals surface area contributed by atoms with Gasteiger partial charge < -0.3 is 9.67 Å². The van der Waals surface area contributed by atoms with Crippen LogP contribution in [0.3, 0.4) is 0 Å². The Morgan fingerprint density at radius 2 is 1.58 bits per heavy atom. The fourth-order valence-corrected chi connectivity index (χ4v) is 1.99. The Kier molecular flexibility index (Phi) is 1.93. The molecule has 1 fully saturated rings. The van der Waals surface area contributed by atoms with Crippen molar-refractivity contribution in [3.63, 3.8) is 0 Å². The van der Waals surface area contributed by atoms with Gasteiger partial charge in [0, 0.05) is 12.4 Å². The van der Waals surface area contributed by atoms with Gasteiger partial charge in [-0.3, -0.25) is 0 Å². The van der Waals surface area contributed by atoms with E-state index in [1.165, 1.54) is 6.42 Å². The number of nitrogens with zero attached hydrogens (tertiary/aromatic N) is 1. The average molecular weight is 165 g/mol. The van der Waals surface area contributed by atoms with Gasteiger partial charge in [-0.15, -0.1) is 0 Å². The molecule has 2 rings (SSSR count). The van der Waals surface area contributed by atoms with Crippen molar-refractivity contribution in [2.45, 2.75) is 37.8 Å². The second-order valence-electron chi connectivity index (χ2n) is 3.63. The number of hydrogen-bond acceptors (Lipinski definition) is 1. The van der Waals surface area contributed by atoms with E-state index in [0.717, 1.165) is 25.7 Å². The first kappa shape index (κ1) is 7.87. The van der Waals surface area contributed by atoms with Crippen LogP contribution >= 0.6 is 0 Å². The molecule has 2 nitrogen and oxygen atoms in total. The highest BCUT2D eigenvalue weighted by atomic mass is 16.3. The smallest absolute Gasteiger partial charge is 0.141 e. The zero-order chi connectivity index (χ0) is 8.44. The molecule has 1 aliphatic carbocycles. The van der Waals surface area contributed by atoms with E-state index in [1.54, 1.807) is 0 Å². The second kappa shape index (κ2) is 2.94. The highest BCUT2D eigenvalue weighted by Crippen LogP contribution is 2.31. The summed E-state index contributed by atoms with van der Waals surface area (Å²) in [5.41, 5.74) is -0.582. The first-order valence-corrected chi connectivity index (χ1v) is 4.67. The summed E-state index contributed by atoms with van der Waals surface area (Å²) in [6.07, 6.45) is 9.27. The third kappa shape index (κ3) is 1.27. The van der Waals surface area contributed by atoms with E-state index in [4.69, 9.17) is 0 Å². The van der Waals surface area contributed by atoms with Gasteiger partial charge in [0.1, 0.15) is 5.72 Å². The van der Waals surface area contributed by atoms with Gasteiger partial charge in [-0.25, -0.2) is 0 Å². The van der Waals surface area contributed by atoms with Crippen LogP contribution in [0.4, 0.5) is 0 Å². The molecule has 0 spiro atoms. The minimum atomic E-state index is -0.582. The zero-order valence-corrected chi connectivity index (χ0v) is 7.24. The maximum Gasteiger partial charge on any atom is 0.141 e. The molecule has 0 bridgehead atoms. The van der Waals surface area contributed by atoms with Gasteiger partial charge in [0.15, 0.2) is 0 Å². The van der Waals surface area contributed by atoms with E-state index in [0.29, 0.717) is 0 Å². The molecule has 0 saturated heterocycles. The summed E-state index contributed by atoms with van der Waals surface area (Å²) in [7, 11) is 0. The van der Waals surface area contributed by atoms with Crippen LogP contribution in [0.25, 0.3) is 0 Å². The molecular weight excluding hydrogens is 150 g/mol. The summed E-state index contributed by atoms with van der Waals surface area (Å²) in [6, 6.07) is 3.93. The first-order valence-electron chi connectivity index (χ1n) is 4.67. The molecule has 12 heavy (non-hydrogen) atoms. The van der Waals surface area contributed by atoms with Crippen LogP contribution in [-0.2, 0) is 5.72 Å². The van der Waals surface area contributed by atoms with Crippen molar-refractivity contribution in [3.05, 3.63) is 24.5 Å². The second-order valence-corrected chi connectivity index (χ2v) is 3.63. The molecule has 1 saturated carbocycles. The normalized spacial score (nSPS) is 22.4. The monoisotopic (exact) mass is 165 g/mol. The highest BCUT2D eigenvalue weighted by Gasteiger charge is 2.29. The van der Waals surface area contributed by atoms with Gasteiger partial charge in [-0.1, -0.05) is 6.42 Å². The van der Waals surface area contributed by atoms with Gasteiger partial charge in [-0.2, -0.15) is 0 Å². The predicted octanol–water partition coefficient (Wildman–Crippen LogP) is 2.10. The van der Waals surface area contributed by atoms with E-state index in [-0.39, 0.29) is 0 Å². The zero-order valence-electron chi connectivity index (χ0n) is 7.24. The predicted molar refractivity (Wildman–Crippen MR) is 47.7 cm³/mol. The van der Waals surface area contributed by atoms with E-state index in [1.807, 2.05) is 29.1 Å². The number of hydrogen-bond donors (Lipinski definition) is 1. The molecule has 1 aliphatic rings. The summed E-state index contributed by atoms with van der Waals surface area (Å²) in [4.78, 5) is 0. The van der Waals surface area contributed by atoms with Gasteiger partial charge >= 0.3 is 0 Å². The van der Waals surface area contributed by atoms with Crippen LogP contribution in [0.15, 0.2) is 24.5 Å². The SMILES string of the molecule is OC1(n2cccc2)CCCCC1. The summed E-state index contributed by atoms with van der Waals surface area (Å²) in [5.74, 6) is 0. The van der Waals surface area contributed by atoms with Crippen molar-refractivity contribution in [1.29, 1.82) is 0 Å². The average Bonchev–Trinajstić information content (AvgIpc) is 2.58. The van der Waals surface area contributed by atoms with Gasteiger partial charge in [0.05, 0.1) is 0 Å². The Labute approximate surface area is 72.8 Å². The van der Waals surface area contributed by atoms with Gasteiger partial charge in [0.2, 0.25) is 0 Å². The van der Waals surface area contributed by atoms with Crippen molar-refractivity contribution < 1.29 is 5.11 Å².